The van der Waals surface area contributed by atoms with E-state index in [4.69, 9.17) is 16.7 Å². The van der Waals surface area contributed by atoms with Crippen molar-refractivity contribution in [3.63, 3.8) is 0 Å². The van der Waals surface area contributed by atoms with Crippen LogP contribution in [0.15, 0.2) is 12.1 Å². The number of hydrogen-bond donors (Lipinski definition) is 1. The predicted octanol–water partition coefficient (Wildman–Crippen LogP) is 1.22. The van der Waals surface area contributed by atoms with Crippen LogP contribution in [0, 0.1) is 0 Å². The highest BCUT2D eigenvalue weighted by Crippen LogP contribution is 2.12. The first-order valence-electron chi connectivity index (χ1n) is 3.54. The molecule has 0 saturated carbocycles. The fourth-order valence-electron chi connectivity index (χ4n) is 0.860. The van der Waals surface area contributed by atoms with Gasteiger partial charge in [-0.25, -0.2) is 14.6 Å². The number of carboxylic acid groups (broad SMARTS) is 1. The van der Waals surface area contributed by atoms with E-state index in [0.29, 0.717) is 0 Å². The number of hydrogen-bond acceptors (Lipinski definition) is 4. The Bertz CT molecular complexity index is 391. The molecule has 1 rings (SSSR count). The highest BCUT2D eigenvalue weighted by Gasteiger charge is 2.18. The van der Waals surface area contributed by atoms with Crippen LogP contribution >= 0.6 is 11.6 Å². The van der Waals surface area contributed by atoms with Crippen LogP contribution < -0.4 is 0 Å². The lowest BCUT2D eigenvalue weighted by molar-refractivity contribution is 0.0575. The molecule has 1 heterocycles. The van der Waals surface area contributed by atoms with Crippen molar-refractivity contribution in [1.82, 2.24) is 4.98 Å². The van der Waals surface area contributed by atoms with Gasteiger partial charge in [0.2, 0.25) is 0 Å². The van der Waals surface area contributed by atoms with E-state index in [1.54, 1.807) is 0 Å². The second-order valence-corrected chi connectivity index (χ2v) is 2.71. The molecular weight excluding hydrogens is 210 g/mol. The van der Waals surface area contributed by atoms with E-state index < -0.39 is 11.9 Å². The number of esters is 1. The summed E-state index contributed by atoms with van der Waals surface area (Å²) >= 11 is 5.51. The minimum atomic E-state index is -1.26. The Labute approximate surface area is 84.3 Å². The minimum absolute atomic E-state index is 0.0374. The SMILES string of the molecule is COC(=O)c1nc(Cl)ccc1C(=O)O. The molecule has 0 radical (unpaired) electrons. The maximum atomic E-state index is 11.1. The quantitative estimate of drug-likeness (QED) is 0.593. The van der Waals surface area contributed by atoms with Crippen molar-refractivity contribution in [2.24, 2.45) is 0 Å². The third kappa shape index (κ3) is 2.00. The summed E-state index contributed by atoms with van der Waals surface area (Å²) in [5, 5.41) is 8.75. The molecule has 1 aromatic heterocycles. The lowest BCUT2D eigenvalue weighted by Crippen LogP contribution is -2.12. The number of rotatable bonds is 2. The third-order valence-electron chi connectivity index (χ3n) is 1.47. The molecule has 0 amide bonds. The number of halogens is 1. The number of carboxylic acids is 1. The zero-order valence-corrected chi connectivity index (χ0v) is 7.91. The first kappa shape index (κ1) is 10.5. The molecule has 0 aliphatic carbocycles. The summed E-state index contributed by atoms with van der Waals surface area (Å²) in [4.78, 5) is 25.3. The van der Waals surface area contributed by atoms with Gasteiger partial charge in [0.15, 0.2) is 5.69 Å². The molecule has 0 aromatic carbocycles. The zero-order chi connectivity index (χ0) is 10.7. The van der Waals surface area contributed by atoms with Crippen molar-refractivity contribution in [3.8, 4) is 0 Å². The Balaban J connectivity index is 3.29. The normalized spacial score (nSPS) is 9.57. The van der Waals surface area contributed by atoms with E-state index in [9.17, 15) is 9.59 Å². The highest BCUT2D eigenvalue weighted by atomic mass is 35.5. The first-order chi connectivity index (χ1) is 6.56. The van der Waals surface area contributed by atoms with Crippen molar-refractivity contribution in [2.45, 2.75) is 0 Å². The van der Waals surface area contributed by atoms with Gasteiger partial charge in [-0.05, 0) is 12.1 Å². The van der Waals surface area contributed by atoms with Gasteiger partial charge in [0.25, 0.3) is 0 Å². The molecule has 0 bridgehead atoms. The molecular formula is C8H6ClNO4. The van der Waals surface area contributed by atoms with Crippen molar-refractivity contribution < 1.29 is 19.4 Å². The molecule has 6 heteroatoms. The number of aromatic nitrogens is 1. The van der Waals surface area contributed by atoms with E-state index >= 15 is 0 Å². The molecule has 0 fully saturated rings. The first-order valence-corrected chi connectivity index (χ1v) is 3.92. The van der Waals surface area contributed by atoms with Gasteiger partial charge in [-0.15, -0.1) is 0 Å². The maximum Gasteiger partial charge on any atom is 0.357 e. The third-order valence-corrected chi connectivity index (χ3v) is 1.68. The Hall–Kier alpha value is -1.62. The van der Waals surface area contributed by atoms with Gasteiger partial charge in [0.05, 0.1) is 12.7 Å². The molecule has 1 N–H and O–H groups in total. The van der Waals surface area contributed by atoms with E-state index in [-0.39, 0.29) is 16.4 Å². The number of nitrogens with zero attached hydrogens (tertiary/aromatic N) is 1. The van der Waals surface area contributed by atoms with Crippen LogP contribution in [0.2, 0.25) is 5.15 Å². The highest BCUT2D eigenvalue weighted by molar-refractivity contribution is 6.29. The van der Waals surface area contributed by atoms with E-state index in [2.05, 4.69) is 9.72 Å². The Kier molecular flexibility index (Phi) is 3.03. The zero-order valence-electron chi connectivity index (χ0n) is 7.15. The minimum Gasteiger partial charge on any atom is -0.478 e. The Morgan fingerprint density at radius 1 is 1.50 bits per heavy atom. The Morgan fingerprint density at radius 3 is 2.64 bits per heavy atom. The van der Waals surface area contributed by atoms with Crippen LogP contribution in [0.4, 0.5) is 0 Å². The van der Waals surface area contributed by atoms with Gasteiger partial charge >= 0.3 is 11.9 Å². The summed E-state index contributed by atoms with van der Waals surface area (Å²) < 4.78 is 4.36. The lowest BCUT2D eigenvalue weighted by Gasteiger charge is -2.02. The largest absolute Gasteiger partial charge is 0.478 e. The fraction of sp³-hybridized carbons (Fsp3) is 0.125. The average molecular weight is 216 g/mol. The summed E-state index contributed by atoms with van der Waals surface area (Å²) in [6.45, 7) is 0. The number of carbonyl (C=O) groups is 2. The molecule has 74 valence electrons. The van der Waals surface area contributed by atoms with Gasteiger partial charge in [-0.3, -0.25) is 0 Å². The second-order valence-electron chi connectivity index (χ2n) is 2.33. The summed E-state index contributed by atoms with van der Waals surface area (Å²) in [5.74, 6) is -2.08. The summed E-state index contributed by atoms with van der Waals surface area (Å²) in [6.07, 6.45) is 0. The molecule has 0 atom stereocenters. The number of ether oxygens (including phenoxy) is 1. The smallest absolute Gasteiger partial charge is 0.357 e. The van der Waals surface area contributed by atoms with Crippen LogP contribution in [0.1, 0.15) is 20.8 Å². The predicted molar refractivity (Wildman–Crippen MR) is 47.5 cm³/mol. The Morgan fingerprint density at radius 2 is 2.14 bits per heavy atom. The standard InChI is InChI=1S/C8H6ClNO4/c1-14-8(13)6-4(7(11)12)2-3-5(9)10-6/h2-3H,1H3,(H,11,12). The van der Waals surface area contributed by atoms with E-state index in [0.717, 1.165) is 7.11 Å². The molecule has 0 saturated heterocycles. The number of aromatic carboxylic acids is 1. The topological polar surface area (TPSA) is 76.5 Å². The number of pyridine rings is 1. The van der Waals surface area contributed by atoms with Gasteiger partial charge in [0, 0.05) is 0 Å². The van der Waals surface area contributed by atoms with Crippen LogP contribution in [0.5, 0.6) is 0 Å². The molecule has 0 aliphatic heterocycles. The molecule has 14 heavy (non-hydrogen) atoms. The van der Waals surface area contributed by atoms with Gasteiger partial charge in [0.1, 0.15) is 5.15 Å². The van der Waals surface area contributed by atoms with E-state index in [1.807, 2.05) is 0 Å². The molecule has 1 aromatic rings. The summed E-state index contributed by atoms with van der Waals surface area (Å²) in [6, 6.07) is 2.49. The van der Waals surface area contributed by atoms with Crippen molar-refractivity contribution in [1.29, 1.82) is 0 Å². The van der Waals surface area contributed by atoms with Gasteiger partial charge in [-0.1, -0.05) is 11.6 Å². The summed E-state index contributed by atoms with van der Waals surface area (Å²) in [5.41, 5.74) is -0.534. The van der Waals surface area contributed by atoms with Crippen molar-refractivity contribution >= 4 is 23.5 Å². The average Bonchev–Trinajstić information content (AvgIpc) is 2.16. The van der Waals surface area contributed by atoms with Crippen molar-refractivity contribution in [3.05, 3.63) is 28.5 Å². The summed E-state index contributed by atoms with van der Waals surface area (Å²) in [7, 11) is 1.14. The van der Waals surface area contributed by atoms with Gasteiger partial charge in [-0.2, -0.15) is 0 Å². The van der Waals surface area contributed by atoms with Crippen LogP contribution in [-0.4, -0.2) is 29.1 Å². The van der Waals surface area contributed by atoms with E-state index in [1.165, 1.54) is 12.1 Å². The molecule has 5 nitrogen and oxygen atoms in total. The fourth-order valence-corrected chi connectivity index (χ4v) is 1.01. The van der Waals surface area contributed by atoms with Gasteiger partial charge < -0.3 is 9.84 Å². The monoisotopic (exact) mass is 215 g/mol. The van der Waals surface area contributed by atoms with Crippen LogP contribution in [0.25, 0.3) is 0 Å². The molecule has 0 spiro atoms. The van der Waals surface area contributed by atoms with Crippen LogP contribution in [0.3, 0.4) is 0 Å². The second kappa shape index (κ2) is 4.06. The number of carbonyl (C=O) groups excluding carboxylic acids is 1. The lowest BCUT2D eigenvalue weighted by atomic mass is 10.2. The molecule has 0 aliphatic rings. The maximum absolute atomic E-state index is 11.1. The van der Waals surface area contributed by atoms with Crippen molar-refractivity contribution in [2.75, 3.05) is 7.11 Å². The van der Waals surface area contributed by atoms with Crippen LogP contribution in [-0.2, 0) is 4.74 Å². The number of methoxy groups -OCH3 is 1. The molecule has 0 unspecified atom stereocenters.